The summed E-state index contributed by atoms with van der Waals surface area (Å²) in [5, 5.41) is 10.4. The van der Waals surface area contributed by atoms with E-state index in [1.165, 1.54) is 19.3 Å². The fourth-order valence-corrected chi connectivity index (χ4v) is 3.18. The average Bonchev–Trinajstić information content (AvgIpc) is 3.34. The van der Waals surface area contributed by atoms with Crippen LogP contribution in [0.15, 0.2) is 30.3 Å². The van der Waals surface area contributed by atoms with Gasteiger partial charge in [0.2, 0.25) is 11.8 Å². The Morgan fingerprint density at radius 1 is 1.12 bits per heavy atom. The van der Waals surface area contributed by atoms with E-state index in [0.29, 0.717) is 12.3 Å². The molecule has 26 heavy (non-hydrogen) atoms. The van der Waals surface area contributed by atoms with Crippen LogP contribution in [0.1, 0.15) is 49.3 Å². The Bertz CT molecular complexity index is 817. The molecule has 2 aromatic rings. The summed E-state index contributed by atoms with van der Waals surface area (Å²) < 4.78 is 1.74. The zero-order valence-corrected chi connectivity index (χ0v) is 15.0. The van der Waals surface area contributed by atoms with E-state index in [-0.39, 0.29) is 17.7 Å². The fourth-order valence-electron chi connectivity index (χ4n) is 3.18. The summed E-state index contributed by atoms with van der Waals surface area (Å²) in [4.78, 5) is 24.1. The number of hydrogen-bond donors (Lipinski definition) is 2. The van der Waals surface area contributed by atoms with Crippen molar-refractivity contribution in [3.8, 4) is 0 Å². The van der Waals surface area contributed by atoms with Gasteiger partial charge in [0.1, 0.15) is 5.82 Å². The van der Waals surface area contributed by atoms with Crippen molar-refractivity contribution >= 4 is 23.3 Å². The predicted molar refractivity (Wildman–Crippen MR) is 99.9 cm³/mol. The van der Waals surface area contributed by atoms with Crippen LogP contribution in [-0.4, -0.2) is 21.6 Å². The van der Waals surface area contributed by atoms with Crippen molar-refractivity contribution in [2.45, 2.75) is 44.4 Å². The number of carbonyl (C=O) groups is 2. The molecular formula is C20H24N4O2. The standard InChI is InChI=1S/C20H24N4O2/c1-24-18(12-17(23-24)14-3-2-4-14)22-19(25)11-13-5-9-16(10-6-13)21-20(26)15-7-8-15/h5-6,9-10,12,14-15H,2-4,7-8,11H2,1H3,(H,21,26)(H,22,25). The normalized spacial score (nSPS) is 16.8. The van der Waals surface area contributed by atoms with E-state index in [1.54, 1.807) is 4.68 Å². The Hall–Kier alpha value is -2.63. The summed E-state index contributed by atoms with van der Waals surface area (Å²) in [5.74, 6) is 1.50. The number of anilines is 2. The third-order valence-corrected chi connectivity index (χ3v) is 5.22. The average molecular weight is 352 g/mol. The Morgan fingerprint density at radius 3 is 2.46 bits per heavy atom. The van der Waals surface area contributed by atoms with Gasteiger partial charge in [-0.05, 0) is 43.4 Å². The third-order valence-electron chi connectivity index (χ3n) is 5.22. The van der Waals surface area contributed by atoms with Gasteiger partial charge in [0, 0.05) is 30.6 Å². The van der Waals surface area contributed by atoms with Crippen molar-refractivity contribution in [3.05, 3.63) is 41.6 Å². The summed E-state index contributed by atoms with van der Waals surface area (Å²) in [5.41, 5.74) is 2.76. The van der Waals surface area contributed by atoms with Gasteiger partial charge in [-0.1, -0.05) is 18.6 Å². The van der Waals surface area contributed by atoms with Gasteiger partial charge in [-0.3, -0.25) is 14.3 Å². The summed E-state index contributed by atoms with van der Waals surface area (Å²) in [7, 11) is 1.86. The van der Waals surface area contributed by atoms with Gasteiger partial charge in [-0.15, -0.1) is 0 Å². The number of aromatic nitrogens is 2. The minimum Gasteiger partial charge on any atom is -0.326 e. The number of carbonyl (C=O) groups excluding carboxylic acids is 2. The van der Waals surface area contributed by atoms with Crippen LogP contribution >= 0.6 is 0 Å². The van der Waals surface area contributed by atoms with Gasteiger partial charge in [0.25, 0.3) is 0 Å². The molecule has 0 radical (unpaired) electrons. The fraction of sp³-hybridized carbons (Fsp3) is 0.450. The second-order valence-corrected chi connectivity index (χ2v) is 7.39. The van der Waals surface area contributed by atoms with Crippen LogP contribution in [0.2, 0.25) is 0 Å². The minimum absolute atomic E-state index is 0.0667. The zero-order valence-electron chi connectivity index (χ0n) is 15.0. The highest BCUT2D eigenvalue weighted by atomic mass is 16.2. The van der Waals surface area contributed by atoms with Crippen LogP contribution in [0.4, 0.5) is 11.5 Å². The largest absolute Gasteiger partial charge is 0.326 e. The lowest BCUT2D eigenvalue weighted by Crippen LogP contribution is -2.17. The lowest BCUT2D eigenvalue weighted by molar-refractivity contribution is -0.117. The zero-order chi connectivity index (χ0) is 18.1. The van der Waals surface area contributed by atoms with E-state index in [2.05, 4.69) is 15.7 Å². The maximum atomic E-state index is 12.3. The molecule has 1 aromatic heterocycles. The Balaban J connectivity index is 1.32. The maximum Gasteiger partial charge on any atom is 0.229 e. The number of hydrogen-bond acceptors (Lipinski definition) is 3. The lowest BCUT2D eigenvalue weighted by Gasteiger charge is -2.22. The molecule has 2 amide bonds. The van der Waals surface area contributed by atoms with Crippen molar-refractivity contribution in [2.24, 2.45) is 13.0 Å². The molecule has 2 aliphatic carbocycles. The molecule has 2 fully saturated rings. The molecule has 0 unspecified atom stereocenters. The number of amides is 2. The smallest absolute Gasteiger partial charge is 0.229 e. The van der Waals surface area contributed by atoms with E-state index in [0.717, 1.165) is 35.6 Å². The summed E-state index contributed by atoms with van der Waals surface area (Å²) in [6, 6.07) is 9.44. The number of nitrogens with one attached hydrogen (secondary N) is 2. The number of aryl methyl sites for hydroxylation is 1. The molecule has 0 bridgehead atoms. The summed E-state index contributed by atoms with van der Waals surface area (Å²) >= 11 is 0. The SMILES string of the molecule is Cn1nc(C2CCC2)cc1NC(=O)Cc1ccc(NC(=O)C2CC2)cc1. The molecule has 0 aliphatic heterocycles. The molecule has 2 N–H and O–H groups in total. The van der Waals surface area contributed by atoms with Crippen molar-refractivity contribution in [2.75, 3.05) is 10.6 Å². The molecule has 4 rings (SSSR count). The lowest BCUT2D eigenvalue weighted by atomic mass is 9.83. The molecule has 1 aromatic carbocycles. The van der Waals surface area contributed by atoms with Gasteiger partial charge >= 0.3 is 0 Å². The molecule has 1 heterocycles. The Labute approximate surface area is 153 Å². The van der Waals surface area contributed by atoms with Crippen molar-refractivity contribution in [3.63, 3.8) is 0 Å². The number of rotatable bonds is 6. The number of benzene rings is 1. The second-order valence-electron chi connectivity index (χ2n) is 7.39. The van der Waals surface area contributed by atoms with Crippen LogP contribution in [-0.2, 0) is 23.1 Å². The molecular weight excluding hydrogens is 328 g/mol. The summed E-state index contributed by atoms with van der Waals surface area (Å²) in [6.07, 6.45) is 5.91. The first-order valence-electron chi connectivity index (χ1n) is 9.32. The van der Waals surface area contributed by atoms with Crippen LogP contribution in [0.25, 0.3) is 0 Å². The molecule has 2 aliphatic rings. The van der Waals surface area contributed by atoms with Gasteiger partial charge in [-0.25, -0.2) is 0 Å². The molecule has 6 heteroatoms. The first kappa shape index (κ1) is 16.8. The first-order chi connectivity index (χ1) is 12.6. The van der Waals surface area contributed by atoms with E-state index >= 15 is 0 Å². The molecule has 136 valence electrons. The number of nitrogens with zero attached hydrogens (tertiary/aromatic N) is 2. The van der Waals surface area contributed by atoms with Gasteiger partial charge < -0.3 is 10.6 Å². The highest BCUT2D eigenvalue weighted by Gasteiger charge is 2.29. The molecule has 0 spiro atoms. The topological polar surface area (TPSA) is 76.0 Å². The van der Waals surface area contributed by atoms with Crippen LogP contribution < -0.4 is 10.6 Å². The minimum atomic E-state index is -0.0667. The van der Waals surface area contributed by atoms with Crippen molar-refractivity contribution in [1.29, 1.82) is 0 Å². The molecule has 0 atom stereocenters. The first-order valence-corrected chi connectivity index (χ1v) is 9.32. The molecule has 6 nitrogen and oxygen atoms in total. The van der Waals surface area contributed by atoms with Crippen LogP contribution in [0.5, 0.6) is 0 Å². The van der Waals surface area contributed by atoms with E-state index < -0.39 is 0 Å². The van der Waals surface area contributed by atoms with Crippen molar-refractivity contribution in [1.82, 2.24) is 9.78 Å². The van der Waals surface area contributed by atoms with Gasteiger partial charge in [0.15, 0.2) is 0 Å². The third kappa shape index (κ3) is 3.79. The maximum absolute atomic E-state index is 12.3. The van der Waals surface area contributed by atoms with Crippen molar-refractivity contribution < 1.29 is 9.59 Å². The van der Waals surface area contributed by atoms with E-state index in [4.69, 9.17) is 0 Å². The predicted octanol–water partition coefficient (Wildman–Crippen LogP) is 3.22. The van der Waals surface area contributed by atoms with E-state index in [1.807, 2.05) is 37.4 Å². The highest BCUT2D eigenvalue weighted by molar-refractivity contribution is 5.94. The van der Waals surface area contributed by atoms with E-state index in [9.17, 15) is 9.59 Å². The Kier molecular flexibility index (Phi) is 4.49. The molecule has 0 saturated heterocycles. The quantitative estimate of drug-likeness (QED) is 0.838. The van der Waals surface area contributed by atoms with Gasteiger partial charge in [0.05, 0.1) is 12.1 Å². The molecule has 2 saturated carbocycles. The second kappa shape index (κ2) is 6.94. The van der Waals surface area contributed by atoms with Gasteiger partial charge in [-0.2, -0.15) is 5.10 Å². The Morgan fingerprint density at radius 2 is 1.85 bits per heavy atom. The monoisotopic (exact) mass is 352 g/mol. The highest BCUT2D eigenvalue weighted by Crippen LogP contribution is 2.36. The summed E-state index contributed by atoms with van der Waals surface area (Å²) in [6.45, 7) is 0. The van der Waals surface area contributed by atoms with Crippen LogP contribution in [0.3, 0.4) is 0 Å². The van der Waals surface area contributed by atoms with Crippen LogP contribution in [0, 0.1) is 5.92 Å².